The summed E-state index contributed by atoms with van der Waals surface area (Å²) in [6.07, 6.45) is -4.42. The van der Waals surface area contributed by atoms with Crippen LogP contribution in [0.4, 0.5) is 18.9 Å². The quantitative estimate of drug-likeness (QED) is 0.701. The molecule has 0 saturated heterocycles. The summed E-state index contributed by atoms with van der Waals surface area (Å²) in [7, 11) is 0. The number of nitrogens with zero attached hydrogens (tertiary/aromatic N) is 1. The molecular formula is C11H9F3N2. The SMILES string of the molecule is Cc1ccc2nc(C(F)(F)F)ccc2c1N. The number of aromatic nitrogens is 1. The van der Waals surface area contributed by atoms with Crippen LogP contribution in [0.25, 0.3) is 10.9 Å². The Balaban J connectivity index is 2.70. The summed E-state index contributed by atoms with van der Waals surface area (Å²) in [5.41, 5.74) is 6.42. The number of alkyl halides is 3. The molecule has 1 aromatic heterocycles. The first kappa shape index (κ1) is 10.7. The fraction of sp³-hybridized carbons (Fsp3) is 0.182. The van der Waals surface area contributed by atoms with Crippen LogP contribution in [-0.2, 0) is 6.18 Å². The third-order valence-corrected chi connectivity index (χ3v) is 2.42. The van der Waals surface area contributed by atoms with Gasteiger partial charge in [0.05, 0.1) is 5.52 Å². The molecule has 5 heteroatoms. The standard InChI is InChI=1S/C11H9F3N2/c1-6-2-4-8-7(10(6)15)3-5-9(16-8)11(12,13)14/h2-5H,15H2,1H3. The molecule has 0 aliphatic rings. The van der Waals surface area contributed by atoms with Gasteiger partial charge in [0, 0.05) is 11.1 Å². The summed E-state index contributed by atoms with van der Waals surface area (Å²) in [6, 6.07) is 5.49. The van der Waals surface area contributed by atoms with E-state index in [9.17, 15) is 13.2 Å². The van der Waals surface area contributed by atoms with Gasteiger partial charge in [-0.15, -0.1) is 0 Å². The van der Waals surface area contributed by atoms with E-state index in [1.807, 2.05) is 0 Å². The summed E-state index contributed by atoms with van der Waals surface area (Å²) < 4.78 is 37.2. The van der Waals surface area contributed by atoms with Crippen LogP contribution in [0, 0.1) is 6.92 Å². The van der Waals surface area contributed by atoms with Gasteiger partial charge in [-0.3, -0.25) is 0 Å². The highest BCUT2D eigenvalue weighted by Gasteiger charge is 2.32. The van der Waals surface area contributed by atoms with Crippen LogP contribution in [0.15, 0.2) is 24.3 Å². The highest BCUT2D eigenvalue weighted by Crippen LogP contribution is 2.30. The zero-order valence-corrected chi connectivity index (χ0v) is 8.47. The molecule has 84 valence electrons. The average molecular weight is 226 g/mol. The zero-order chi connectivity index (χ0) is 11.9. The zero-order valence-electron chi connectivity index (χ0n) is 8.47. The molecule has 0 spiro atoms. The summed E-state index contributed by atoms with van der Waals surface area (Å²) in [6.45, 7) is 1.80. The maximum atomic E-state index is 12.4. The van der Waals surface area contributed by atoms with E-state index in [4.69, 9.17) is 5.73 Å². The Labute approximate surface area is 89.9 Å². The molecule has 16 heavy (non-hydrogen) atoms. The molecule has 0 unspecified atom stereocenters. The van der Waals surface area contributed by atoms with Crippen molar-refractivity contribution in [3.8, 4) is 0 Å². The minimum absolute atomic E-state index is 0.262. The fourth-order valence-electron chi connectivity index (χ4n) is 1.49. The van der Waals surface area contributed by atoms with Gasteiger partial charge < -0.3 is 5.73 Å². The minimum atomic E-state index is -4.42. The summed E-state index contributed by atoms with van der Waals surface area (Å²) in [5.74, 6) is 0. The van der Waals surface area contributed by atoms with Gasteiger partial charge in [0.2, 0.25) is 0 Å². The number of nitrogens with two attached hydrogens (primary N) is 1. The lowest BCUT2D eigenvalue weighted by Gasteiger charge is -2.09. The van der Waals surface area contributed by atoms with Crippen molar-refractivity contribution < 1.29 is 13.2 Å². The predicted molar refractivity (Wildman–Crippen MR) is 55.9 cm³/mol. The van der Waals surface area contributed by atoms with Crippen molar-refractivity contribution in [1.29, 1.82) is 0 Å². The molecule has 2 aromatic rings. The molecule has 2 N–H and O–H groups in total. The molecular weight excluding hydrogens is 217 g/mol. The molecule has 0 fully saturated rings. The first-order chi connectivity index (χ1) is 7.39. The van der Waals surface area contributed by atoms with Crippen molar-refractivity contribution in [2.24, 2.45) is 0 Å². The van der Waals surface area contributed by atoms with Crippen molar-refractivity contribution in [1.82, 2.24) is 4.98 Å². The Kier molecular flexibility index (Phi) is 2.26. The predicted octanol–water partition coefficient (Wildman–Crippen LogP) is 3.14. The number of hydrogen-bond donors (Lipinski definition) is 1. The Morgan fingerprint density at radius 2 is 1.81 bits per heavy atom. The van der Waals surface area contributed by atoms with E-state index in [1.54, 1.807) is 13.0 Å². The van der Waals surface area contributed by atoms with Crippen LogP contribution in [-0.4, -0.2) is 4.98 Å². The second-order valence-electron chi connectivity index (χ2n) is 3.56. The maximum Gasteiger partial charge on any atom is 0.433 e. The van der Waals surface area contributed by atoms with Crippen molar-refractivity contribution >= 4 is 16.6 Å². The van der Waals surface area contributed by atoms with Gasteiger partial charge in [-0.1, -0.05) is 6.07 Å². The Morgan fingerprint density at radius 3 is 2.44 bits per heavy atom. The first-order valence-corrected chi connectivity index (χ1v) is 4.62. The van der Waals surface area contributed by atoms with E-state index < -0.39 is 11.9 Å². The van der Waals surface area contributed by atoms with Crippen LogP contribution < -0.4 is 5.73 Å². The molecule has 2 nitrogen and oxygen atoms in total. The molecule has 0 bridgehead atoms. The number of hydrogen-bond acceptors (Lipinski definition) is 2. The second-order valence-corrected chi connectivity index (χ2v) is 3.56. The van der Waals surface area contributed by atoms with Crippen LogP contribution in [0.2, 0.25) is 0 Å². The molecule has 0 radical (unpaired) electrons. The first-order valence-electron chi connectivity index (χ1n) is 4.62. The van der Waals surface area contributed by atoms with Gasteiger partial charge in [-0.05, 0) is 30.7 Å². The average Bonchev–Trinajstić information content (AvgIpc) is 2.22. The molecule has 0 amide bonds. The molecule has 1 heterocycles. The second kappa shape index (κ2) is 3.37. The topological polar surface area (TPSA) is 38.9 Å². The third kappa shape index (κ3) is 1.68. The molecule has 0 aliphatic carbocycles. The largest absolute Gasteiger partial charge is 0.433 e. The van der Waals surface area contributed by atoms with Crippen LogP contribution in [0.5, 0.6) is 0 Å². The normalized spacial score (nSPS) is 12.0. The van der Waals surface area contributed by atoms with Crippen molar-refractivity contribution in [2.45, 2.75) is 13.1 Å². The smallest absolute Gasteiger partial charge is 0.398 e. The van der Waals surface area contributed by atoms with Crippen LogP contribution in [0.1, 0.15) is 11.3 Å². The van der Waals surface area contributed by atoms with E-state index in [1.165, 1.54) is 12.1 Å². The summed E-state index contributed by atoms with van der Waals surface area (Å²) in [5, 5.41) is 0.549. The van der Waals surface area contributed by atoms with Gasteiger partial charge >= 0.3 is 6.18 Å². The summed E-state index contributed by atoms with van der Waals surface area (Å²) in [4.78, 5) is 3.54. The van der Waals surface area contributed by atoms with Crippen molar-refractivity contribution in [3.63, 3.8) is 0 Å². The molecule has 2 rings (SSSR count). The lowest BCUT2D eigenvalue weighted by molar-refractivity contribution is -0.140. The highest BCUT2D eigenvalue weighted by molar-refractivity contribution is 5.91. The van der Waals surface area contributed by atoms with Gasteiger partial charge in [0.1, 0.15) is 5.69 Å². The van der Waals surface area contributed by atoms with E-state index in [-0.39, 0.29) is 5.52 Å². The highest BCUT2D eigenvalue weighted by atomic mass is 19.4. The number of rotatable bonds is 0. The molecule has 0 atom stereocenters. The number of anilines is 1. The minimum Gasteiger partial charge on any atom is -0.398 e. The number of benzene rings is 1. The molecule has 1 aromatic carbocycles. The van der Waals surface area contributed by atoms with Crippen LogP contribution in [0.3, 0.4) is 0 Å². The van der Waals surface area contributed by atoms with E-state index in [0.717, 1.165) is 11.6 Å². The van der Waals surface area contributed by atoms with Gasteiger partial charge in [0.25, 0.3) is 0 Å². The molecule has 0 aliphatic heterocycles. The number of nitrogen functional groups attached to an aromatic ring is 1. The maximum absolute atomic E-state index is 12.4. The van der Waals surface area contributed by atoms with Crippen molar-refractivity contribution in [2.75, 3.05) is 5.73 Å². The number of pyridine rings is 1. The van der Waals surface area contributed by atoms with E-state index in [2.05, 4.69) is 4.98 Å². The Hall–Kier alpha value is -1.78. The molecule has 0 saturated carbocycles. The lowest BCUT2D eigenvalue weighted by Crippen LogP contribution is -2.07. The monoisotopic (exact) mass is 226 g/mol. The number of fused-ring (bicyclic) bond motifs is 1. The summed E-state index contributed by atoms with van der Waals surface area (Å²) >= 11 is 0. The Morgan fingerprint density at radius 1 is 1.12 bits per heavy atom. The Bertz CT molecular complexity index is 547. The van der Waals surface area contributed by atoms with Gasteiger partial charge in [-0.25, -0.2) is 4.98 Å². The number of aryl methyl sites for hydroxylation is 1. The third-order valence-electron chi connectivity index (χ3n) is 2.42. The van der Waals surface area contributed by atoms with E-state index >= 15 is 0 Å². The van der Waals surface area contributed by atoms with Crippen molar-refractivity contribution in [3.05, 3.63) is 35.5 Å². The fourth-order valence-corrected chi connectivity index (χ4v) is 1.49. The lowest BCUT2D eigenvalue weighted by atomic mass is 10.1. The van der Waals surface area contributed by atoms with E-state index in [0.29, 0.717) is 11.1 Å². The van der Waals surface area contributed by atoms with Gasteiger partial charge in [-0.2, -0.15) is 13.2 Å². The van der Waals surface area contributed by atoms with Crippen LogP contribution >= 0.6 is 0 Å². The number of halogens is 3. The van der Waals surface area contributed by atoms with Gasteiger partial charge in [0.15, 0.2) is 0 Å².